The number of carbonyl (C=O) groups excluding carboxylic acids is 1. The second-order valence-electron chi connectivity index (χ2n) is 3.12. The third-order valence-electron chi connectivity index (χ3n) is 1.87. The van der Waals surface area contributed by atoms with E-state index in [-0.39, 0.29) is 5.97 Å². The van der Waals surface area contributed by atoms with E-state index in [1.54, 1.807) is 0 Å². The van der Waals surface area contributed by atoms with Crippen LogP contribution in [0.15, 0.2) is 0 Å². The number of unbranched alkanes of at least 4 members (excludes halogenated alkanes) is 5. The summed E-state index contributed by atoms with van der Waals surface area (Å²) < 4.78 is 4.91. The second kappa shape index (κ2) is 10.0. The van der Waals surface area contributed by atoms with Crippen LogP contribution in [0.25, 0.3) is 0 Å². The highest BCUT2D eigenvalue weighted by molar-refractivity contribution is 9.09. The predicted octanol–water partition coefficient (Wildman–Crippen LogP) is 3.29. The Bertz CT molecular complexity index is 126. The lowest BCUT2D eigenvalue weighted by Gasteiger charge is -2.02. The van der Waals surface area contributed by atoms with Crippen LogP contribution in [-0.4, -0.2) is 17.9 Å². The average molecular weight is 251 g/mol. The average Bonchev–Trinajstić information content (AvgIpc) is 2.16. The third kappa shape index (κ3) is 9.87. The minimum atomic E-state index is -0.159. The number of hydrogen-bond acceptors (Lipinski definition) is 2. The van der Waals surface area contributed by atoms with E-state index in [4.69, 9.17) is 4.74 Å². The Morgan fingerprint density at radius 3 is 2.38 bits per heavy atom. The summed E-state index contributed by atoms with van der Waals surface area (Å²) in [7, 11) is 0. The maximum atomic E-state index is 10.7. The summed E-state index contributed by atoms with van der Waals surface area (Å²) in [5, 5.41) is 0.308. The maximum absolute atomic E-state index is 10.7. The normalized spacial score (nSPS) is 10.0. The number of carbonyl (C=O) groups is 1. The standard InChI is InChI=1S/C10H19BrO2/c1-2-3-4-5-6-7-8-13-10(12)9-11/h2-9H2,1H3. The van der Waals surface area contributed by atoms with Gasteiger partial charge < -0.3 is 4.74 Å². The summed E-state index contributed by atoms with van der Waals surface area (Å²) in [4.78, 5) is 10.7. The summed E-state index contributed by atoms with van der Waals surface area (Å²) in [5.41, 5.74) is 0. The van der Waals surface area contributed by atoms with Crippen LogP contribution >= 0.6 is 15.9 Å². The molecule has 0 atom stereocenters. The molecule has 0 saturated carbocycles. The molecule has 0 spiro atoms. The van der Waals surface area contributed by atoms with Crippen molar-refractivity contribution in [1.82, 2.24) is 0 Å². The first-order valence-corrected chi connectivity index (χ1v) is 6.15. The summed E-state index contributed by atoms with van der Waals surface area (Å²) in [6.45, 7) is 2.79. The van der Waals surface area contributed by atoms with Gasteiger partial charge in [-0.1, -0.05) is 55.0 Å². The van der Waals surface area contributed by atoms with E-state index in [1.165, 1.54) is 32.1 Å². The fourth-order valence-electron chi connectivity index (χ4n) is 1.11. The molecule has 0 aliphatic rings. The van der Waals surface area contributed by atoms with Crippen molar-refractivity contribution in [3.05, 3.63) is 0 Å². The van der Waals surface area contributed by atoms with E-state index in [0.717, 1.165) is 6.42 Å². The van der Waals surface area contributed by atoms with Gasteiger partial charge in [-0.3, -0.25) is 4.79 Å². The fraction of sp³-hybridized carbons (Fsp3) is 0.900. The van der Waals surface area contributed by atoms with Crippen LogP contribution in [0.4, 0.5) is 0 Å². The number of ether oxygens (including phenoxy) is 1. The molecule has 0 fully saturated rings. The number of halogens is 1. The molecule has 78 valence electrons. The quantitative estimate of drug-likeness (QED) is 0.376. The number of hydrogen-bond donors (Lipinski definition) is 0. The first kappa shape index (κ1) is 12.9. The molecule has 0 heterocycles. The zero-order valence-corrected chi connectivity index (χ0v) is 9.94. The van der Waals surface area contributed by atoms with Gasteiger partial charge >= 0.3 is 5.97 Å². The first-order valence-electron chi connectivity index (χ1n) is 5.02. The molecule has 0 radical (unpaired) electrons. The van der Waals surface area contributed by atoms with Gasteiger partial charge in [-0.05, 0) is 6.42 Å². The summed E-state index contributed by atoms with van der Waals surface area (Å²) >= 11 is 3.04. The first-order chi connectivity index (χ1) is 6.31. The Morgan fingerprint density at radius 1 is 1.15 bits per heavy atom. The molecule has 0 rings (SSSR count). The molecule has 0 bridgehead atoms. The van der Waals surface area contributed by atoms with Crippen LogP contribution in [-0.2, 0) is 9.53 Å². The van der Waals surface area contributed by atoms with Gasteiger partial charge in [-0.15, -0.1) is 0 Å². The van der Waals surface area contributed by atoms with Gasteiger partial charge in [0, 0.05) is 0 Å². The molecule has 0 aromatic rings. The molecule has 0 amide bonds. The highest BCUT2D eigenvalue weighted by Gasteiger charge is 1.97. The lowest BCUT2D eigenvalue weighted by Crippen LogP contribution is -2.06. The maximum Gasteiger partial charge on any atom is 0.316 e. The predicted molar refractivity (Wildman–Crippen MR) is 58.1 cm³/mol. The highest BCUT2D eigenvalue weighted by atomic mass is 79.9. The van der Waals surface area contributed by atoms with Gasteiger partial charge in [-0.2, -0.15) is 0 Å². The minimum absolute atomic E-state index is 0.159. The third-order valence-corrected chi connectivity index (χ3v) is 2.33. The van der Waals surface area contributed by atoms with Crippen molar-refractivity contribution in [1.29, 1.82) is 0 Å². The van der Waals surface area contributed by atoms with Crippen molar-refractivity contribution < 1.29 is 9.53 Å². The smallest absolute Gasteiger partial charge is 0.316 e. The molecule has 0 N–H and O–H groups in total. The number of rotatable bonds is 8. The Morgan fingerprint density at radius 2 is 1.77 bits per heavy atom. The van der Waals surface area contributed by atoms with Crippen LogP contribution in [0.1, 0.15) is 45.4 Å². The monoisotopic (exact) mass is 250 g/mol. The van der Waals surface area contributed by atoms with Gasteiger partial charge in [-0.25, -0.2) is 0 Å². The van der Waals surface area contributed by atoms with Crippen LogP contribution in [0.3, 0.4) is 0 Å². The van der Waals surface area contributed by atoms with Crippen molar-refractivity contribution in [2.45, 2.75) is 45.4 Å². The van der Waals surface area contributed by atoms with Gasteiger partial charge in [0.2, 0.25) is 0 Å². The Balaban J connectivity index is 2.95. The highest BCUT2D eigenvalue weighted by Crippen LogP contribution is 2.04. The summed E-state index contributed by atoms with van der Waals surface area (Å²) in [5.74, 6) is -0.159. The molecule has 0 aliphatic heterocycles. The molecule has 0 saturated heterocycles. The Kier molecular flexibility index (Phi) is 10.00. The number of esters is 1. The molecule has 0 unspecified atom stereocenters. The largest absolute Gasteiger partial charge is 0.465 e. The zero-order chi connectivity index (χ0) is 9.94. The molecule has 0 aromatic carbocycles. The van der Waals surface area contributed by atoms with Crippen LogP contribution in [0, 0.1) is 0 Å². The van der Waals surface area contributed by atoms with Crippen LogP contribution in [0.2, 0.25) is 0 Å². The molecule has 0 aliphatic carbocycles. The Hall–Kier alpha value is -0.0500. The molecular formula is C10H19BrO2. The zero-order valence-electron chi connectivity index (χ0n) is 8.35. The van der Waals surface area contributed by atoms with Crippen molar-refractivity contribution >= 4 is 21.9 Å². The van der Waals surface area contributed by atoms with Gasteiger partial charge in [0.15, 0.2) is 0 Å². The lowest BCUT2D eigenvalue weighted by atomic mass is 10.1. The van der Waals surface area contributed by atoms with E-state index in [1.807, 2.05) is 0 Å². The Labute approximate surface area is 89.2 Å². The van der Waals surface area contributed by atoms with Crippen molar-refractivity contribution in [3.8, 4) is 0 Å². The number of alkyl halides is 1. The molecular weight excluding hydrogens is 232 g/mol. The van der Waals surface area contributed by atoms with E-state index in [2.05, 4.69) is 22.9 Å². The van der Waals surface area contributed by atoms with Crippen molar-refractivity contribution in [2.75, 3.05) is 11.9 Å². The van der Waals surface area contributed by atoms with Gasteiger partial charge in [0.1, 0.15) is 5.33 Å². The topological polar surface area (TPSA) is 26.3 Å². The minimum Gasteiger partial charge on any atom is -0.465 e. The van der Waals surface area contributed by atoms with Gasteiger partial charge in [0.05, 0.1) is 6.61 Å². The molecule has 3 heteroatoms. The van der Waals surface area contributed by atoms with E-state index in [9.17, 15) is 4.79 Å². The van der Waals surface area contributed by atoms with E-state index < -0.39 is 0 Å². The van der Waals surface area contributed by atoms with Crippen LogP contribution in [0.5, 0.6) is 0 Å². The molecule has 13 heavy (non-hydrogen) atoms. The fourth-order valence-corrected chi connectivity index (χ4v) is 1.27. The van der Waals surface area contributed by atoms with E-state index in [0.29, 0.717) is 11.9 Å². The lowest BCUT2D eigenvalue weighted by molar-refractivity contribution is -0.140. The second-order valence-corrected chi connectivity index (χ2v) is 3.68. The van der Waals surface area contributed by atoms with Crippen molar-refractivity contribution in [3.63, 3.8) is 0 Å². The summed E-state index contributed by atoms with van der Waals surface area (Å²) in [6, 6.07) is 0. The summed E-state index contributed by atoms with van der Waals surface area (Å²) in [6.07, 6.45) is 7.35. The van der Waals surface area contributed by atoms with Gasteiger partial charge in [0.25, 0.3) is 0 Å². The molecule has 2 nitrogen and oxygen atoms in total. The SMILES string of the molecule is CCCCCCCCOC(=O)CBr. The van der Waals surface area contributed by atoms with Crippen molar-refractivity contribution in [2.24, 2.45) is 0 Å². The molecule has 0 aromatic heterocycles. The van der Waals surface area contributed by atoms with Crippen LogP contribution < -0.4 is 0 Å². The van der Waals surface area contributed by atoms with E-state index >= 15 is 0 Å².